The quantitative estimate of drug-likeness (QED) is 0.0661. The summed E-state index contributed by atoms with van der Waals surface area (Å²) in [6, 6.07) is 42.5. The Bertz CT molecular complexity index is 9110. The van der Waals surface area contributed by atoms with E-state index in [-0.39, 0.29) is 55.8 Å². The molecule has 24 rings (SSSR count). The highest BCUT2D eigenvalue weighted by Gasteiger charge is 2.26. The van der Waals surface area contributed by atoms with E-state index in [0.29, 0.717) is 109 Å². The highest BCUT2D eigenvalue weighted by molar-refractivity contribution is 7.19. The van der Waals surface area contributed by atoms with Gasteiger partial charge in [0.05, 0.1) is 33.1 Å². The molecule has 0 aliphatic rings. The molecule has 0 aliphatic heterocycles. The number of thiophene rings is 6. The molecule has 30 nitrogen and oxygen atoms in total. The van der Waals surface area contributed by atoms with Crippen LogP contribution in [0.4, 0.5) is 8.78 Å². The summed E-state index contributed by atoms with van der Waals surface area (Å²) in [6.07, 6.45) is 21.0. The van der Waals surface area contributed by atoms with Crippen molar-refractivity contribution < 1.29 is 8.78 Å². The van der Waals surface area contributed by atoms with Gasteiger partial charge in [-0.3, -0.25) is 28.8 Å². The zero-order chi connectivity index (χ0) is 103. The van der Waals surface area contributed by atoms with Crippen molar-refractivity contribution in [3.05, 3.63) is 347 Å². The minimum Gasteiger partial charge on any atom is -0.331 e. The molecule has 0 amide bonds. The van der Waals surface area contributed by atoms with E-state index < -0.39 is 0 Å². The van der Waals surface area contributed by atoms with Crippen LogP contribution in [0.25, 0.3) is 198 Å². The Morgan fingerprint density at radius 1 is 0.260 bits per heavy atom. The van der Waals surface area contributed by atoms with Crippen LogP contribution >= 0.6 is 68.0 Å². The first-order chi connectivity index (χ1) is 70.0. The summed E-state index contributed by atoms with van der Waals surface area (Å²) in [5, 5.41) is 11.8. The standard InChI is InChI=1S/2C20H20N4OS.2C17H13FN4OS.2C17H14N4OS/c2*1-20(2,3)13-7-5-12(6-8-13)14-11-26-16-15(14)22-17(23-19(16)25)18-21-9-10-24(18)4;2*1-9-7-10(18)3-4-11(9)12-8-24-14-13(12)20-15(21-17(14)23)16-19-5-6-22(16)2;1-10-4-3-5-11(8-10)12-9-23-14-13(12)19-15(20-17(14)22)16-18-6-7-21(16)2;1-10-5-3-4-6-11(10)12-9-23-14-13(12)19-15(20-17(14)22)16-18-7-8-21(16)2/h2*5-11H,1-4H3,(H,22,23,25);2*3-8H,1-2H3,(H,20,21,23);2*3-9H,1-2H3,(H,19,20,22). The number of nitrogens with one attached hydrogen (secondary N) is 6. The Kier molecular flexibility index (Phi) is 27.2. The van der Waals surface area contributed by atoms with Crippen LogP contribution in [-0.4, -0.2) is 117 Å². The summed E-state index contributed by atoms with van der Waals surface area (Å²) in [5.74, 6) is 5.96. The number of benzene rings is 6. The van der Waals surface area contributed by atoms with Crippen molar-refractivity contribution >= 4 is 129 Å². The molecule has 146 heavy (non-hydrogen) atoms. The van der Waals surface area contributed by atoms with E-state index in [1.807, 2.05) is 156 Å². The number of halogens is 2. The zero-order valence-corrected chi connectivity index (χ0v) is 86.7. The van der Waals surface area contributed by atoms with Crippen molar-refractivity contribution in [1.29, 1.82) is 0 Å². The number of fused-ring (bicyclic) bond motifs is 6. The fourth-order valence-corrected chi connectivity index (χ4v) is 22.2. The van der Waals surface area contributed by atoms with Crippen LogP contribution < -0.4 is 33.4 Å². The smallest absolute Gasteiger partial charge is 0.269 e. The van der Waals surface area contributed by atoms with Crippen LogP contribution in [0, 0.1) is 39.3 Å². The van der Waals surface area contributed by atoms with Gasteiger partial charge in [-0.25, -0.2) is 68.6 Å². The first-order valence-corrected chi connectivity index (χ1v) is 51.2. The maximum atomic E-state index is 13.4. The van der Waals surface area contributed by atoms with Crippen molar-refractivity contribution in [2.75, 3.05) is 0 Å². The number of nitrogens with zero attached hydrogens (tertiary/aromatic N) is 18. The van der Waals surface area contributed by atoms with E-state index in [1.54, 1.807) is 70.8 Å². The van der Waals surface area contributed by atoms with E-state index in [4.69, 9.17) is 9.97 Å². The summed E-state index contributed by atoms with van der Waals surface area (Å²) in [5.41, 5.74) is 21.5. The molecular weight excluding hydrogens is 1960 g/mol. The van der Waals surface area contributed by atoms with Crippen LogP contribution in [0.15, 0.2) is 269 Å². The molecule has 0 radical (unpaired) electrons. The Morgan fingerprint density at radius 2 is 0.507 bits per heavy atom. The average Bonchev–Trinajstić information content (AvgIpc) is 1.63. The van der Waals surface area contributed by atoms with Gasteiger partial charge in [0.2, 0.25) is 0 Å². The lowest BCUT2D eigenvalue weighted by atomic mass is 9.86. The molecule has 18 heterocycles. The number of aromatic nitrogens is 24. The molecule has 6 N–H and O–H groups in total. The van der Waals surface area contributed by atoms with Gasteiger partial charge in [-0.05, 0) is 124 Å². The third-order valence-corrected chi connectivity index (χ3v) is 30.4. The maximum absolute atomic E-state index is 13.4. The SMILES string of the molecule is Cc1cc(F)ccc1-c1csc2c(=O)[nH]c(-c3nccn3C)nc12.Cc1cc(F)ccc1-c1csc2c(=O)[nH]c(-c3nccn3C)nc12.Cc1cccc(-c2csc3c(=O)[nH]c(-c4nccn4C)nc23)c1.Cc1ccccc1-c1csc2c(=O)[nH]c(-c3nccn3C)nc12.Cn1ccnc1-c1nc2c(-c3ccc(C(C)(C)C)cc3)csc2c(=O)[nH]1.Cn1ccnc1-c1nc2c(-c3ccc(C(C)(C)C)cc3)csc2c(=O)[nH]1. The van der Waals surface area contributed by atoms with Crippen LogP contribution in [0.2, 0.25) is 0 Å². The molecule has 0 atom stereocenters. The molecule has 18 aromatic heterocycles. The molecule has 0 fully saturated rings. The third-order valence-electron chi connectivity index (χ3n) is 24.6. The lowest BCUT2D eigenvalue weighted by molar-refractivity contribution is 0.590. The molecule has 0 saturated carbocycles. The normalized spacial score (nSPS) is 11.5. The largest absolute Gasteiger partial charge is 0.331 e. The molecule has 0 bridgehead atoms. The minimum absolute atomic E-state index is 0.107. The van der Waals surface area contributed by atoms with E-state index >= 15 is 0 Å². The molecule has 0 spiro atoms. The number of H-pyrrole nitrogens is 6. The van der Waals surface area contributed by atoms with E-state index in [1.165, 1.54) is 109 Å². The monoisotopic (exact) mass is 2050 g/mol. The predicted octanol–water partition coefficient (Wildman–Crippen LogP) is 22.4. The fourth-order valence-electron chi connectivity index (χ4n) is 16.8. The van der Waals surface area contributed by atoms with Gasteiger partial charge in [0.15, 0.2) is 69.9 Å². The Balaban J connectivity index is 0.000000111. The number of hydrogen-bond acceptors (Lipinski definition) is 24. The first kappa shape index (κ1) is 98.3. The molecular formula is C108H94F2N24O6S6. The van der Waals surface area contributed by atoms with Crippen LogP contribution in [-0.2, 0) is 53.1 Å². The van der Waals surface area contributed by atoms with Crippen molar-refractivity contribution in [3.63, 3.8) is 0 Å². The summed E-state index contributed by atoms with van der Waals surface area (Å²) in [6.45, 7) is 21.0. The number of hydrogen-bond donors (Lipinski definition) is 6. The highest BCUT2D eigenvalue weighted by atomic mass is 32.1. The zero-order valence-electron chi connectivity index (χ0n) is 81.8. The molecule has 0 aliphatic carbocycles. The van der Waals surface area contributed by atoms with Crippen LogP contribution in [0.3, 0.4) is 0 Å². The molecule has 0 unspecified atom stereocenters. The molecule has 24 aromatic rings. The molecule has 732 valence electrons. The van der Waals surface area contributed by atoms with E-state index in [2.05, 4.69) is 208 Å². The van der Waals surface area contributed by atoms with Crippen molar-refractivity contribution in [1.82, 2.24) is 117 Å². The van der Waals surface area contributed by atoms with E-state index in [9.17, 15) is 37.5 Å². The average molecular weight is 2050 g/mol. The summed E-state index contributed by atoms with van der Waals surface area (Å²) in [7, 11) is 11.2. The lowest BCUT2D eigenvalue weighted by Crippen LogP contribution is -2.10. The summed E-state index contributed by atoms with van der Waals surface area (Å²) >= 11 is 8.34. The van der Waals surface area contributed by atoms with Gasteiger partial charge in [0.25, 0.3) is 33.4 Å². The second kappa shape index (κ2) is 40.3. The van der Waals surface area contributed by atoms with Crippen LogP contribution in [0.5, 0.6) is 0 Å². The number of rotatable bonds is 12. The second-order valence-corrected chi connectivity index (χ2v) is 42.2. The van der Waals surface area contributed by atoms with Gasteiger partial charge in [-0.15, -0.1) is 68.0 Å². The van der Waals surface area contributed by atoms with Gasteiger partial charge in [0.1, 0.15) is 39.8 Å². The lowest BCUT2D eigenvalue weighted by Gasteiger charge is -2.19. The van der Waals surface area contributed by atoms with Crippen LogP contribution in [0.1, 0.15) is 74.9 Å². The molecule has 0 saturated heterocycles. The molecule has 6 aromatic carbocycles. The Labute approximate surface area is 855 Å². The summed E-state index contributed by atoms with van der Waals surface area (Å²) in [4.78, 5) is 145. The van der Waals surface area contributed by atoms with Crippen molar-refractivity contribution in [2.45, 2.75) is 80.1 Å². The number of aromatic amines is 6. The Hall–Kier alpha value is -16.5. The second-order valence-electron chi connectivity index (χ2n) is 36.9. The predicted molar refractivity (Wildman–Crippen MR) is 584 cm³/mol. The topological polar surface area (TPSA) is 381 Å². The third kappa shape index (κ3) is 19.9. The van der Waals surface area contributed by atoms with Gasteiger partial charge in [-0.1, -0.05) is 156 Å². The minimum atomic E-state index is -0.282. The maximum Gasteiger partial charge on any atom is 0.269 e. The highest BCUT2D eigenvalue weighted by Crippen LogP contribution is 2.42. The van der Waals surface area contributed by atoms with E-state index in [0.717, 1.165) is 106 Å². The molecule has 38 heteroatoms. The van der Waals surface area contributed by atoms with Gasteiger partial charge in [-0.2, -0.15) is 0 Å². The van der Waals surface area contributed by atoms with Crippen molar-refractivity contribution in [3.8, 4) is 137 Å². The summed E-state index contributed by atoms with van der Waals surface area (Å²) < 4.78 is 41.4. The van der Waals surface area contributed by atoms with Gasteiger partial charge in [0, 0.05) is 182 Å². The van der Waals surface area contributed by atoms with Crippen molar-refractivity contribution in [2.24, 2.45) is 42.3 Å². The van der Waals surface area contributed by atoms with Gasteiger partial charge >= 0.3 is 0 Å². The number of aryl methyl sites for hydroxylation is 10. The fraction of sp³-hybridized carbons (Fsp3) is 0.167. The first-order valence-electron chi connectivity index (χ1n) is 45.9. The van der Waals surface area contributed by atoms with Gasteiger partial charge < -0.3 is 57.3 Å². The Morgan fingerprint density at radius 3 is 0.747 bits per heavy atom. The number of imidazole rings is 6.